The van der Waals surface area contributed by atoms with E-state index in [9.17, 15) is 0 Å². The van der Waals surface area contributed by atoms with E-state index in [1.54, 1.807) is 0 Å². The fourth-order valence-corrected chi connectivity index (χ4v) is 20.0. The second-order valence-corrected chi connectivity index (χ2v) is 30.0. The van der Waals surface area contributed by atoms with Gasteiger partial charge in [0.1, 0.15) is 69.1 Å². The number of hydrogen-bond acceptors (Lipinski definition) is 6. The molecule has 0 spiro atoms. The van der Waals surface area contributed by atoms with Crippen molar-refractivity contribution in [2.75, 3.05) is 0 Å². The quantitative estimate of drug-likeness (QED) is 0.0599. The standard InChI is InChI=1S/C90H124N4O6/c1-21-81(22-2)61-41-45-65(91-61)85(29-9,30-10)73-53-57-77(97-73)89(37-17,38-18)78-58-55-75(99-78)87(33-13,34-14)67-47-43-63(93-67)83(25-5,26-6)71-51-52-72(96-71)84(27-7,28-8)64-44-48-68(94-64)88(35-15,36-16)76-56-60-80(100-76)90(39-19,40-20)79-59-54-74(98-79)86(31-11,32-12)66-46-42-62(92-66)82(23-3,24-4)70-50-49-69(81)95-70/h41-60,91-94H,21-40H2,1-20H3. The molecule has 11 rings (SSSR count). The summed E-state index contributed by atoms with van der Waals surface area (Å²) < 4.78 is 44.6. The zero-order valence-electron chi connectivity index (χ0n) is 65.1. The lowest BCUT2D eigenvalue weighted by Crippen LogP contribution is -2.30. The lowest BCUT2D eigenvalue weighted by Gasteiger charge is -2.33. The molecule has 0 radical (unpaired) electrons. The van der Waals surface area contributed by atoms with Crippen LogP contribution in [0.15, 0.2) is 148 Å². The van der Waals surface area contributed by atoms with Gasteiger partial charge in [0, 0.05) is 45.6 Å². The van der Waals surface area contributed by atoms with E-state index in [1.807, 2.05) is 0 Å². The van der Waals surface area contributed by atoms with Gasteiger partial charge < -0.3 is 46.4 Å². The van der Waals surface area contributed by atoms with Crippen LogP contribution in [0.5, 0.6) is 0 Å². The average Bonchev–Trinajstić information content (AvgIpc) is 1.59. The summed E-state index contributed by atoms with van der Waals surface area (Å²) in [5.74, 6) is 11.7. The Hall–Kier alpha value is -7.20. The van der Waals surface area contributed by atoms with E-state index >= 15 is 0 Å². The monoisotopic (exact) mass is 1360 g/mol. The van der Waals surface area contributed by atoms with E-state index in [-0.39, 0.29) is 0 Å². The van der Waals surface area contributed by atoms with Crippen molar-refractivity contribution in [2.45, 2.75) is 321 Å². The van der Waals surface area contributed by atoms with Crippen molar-refractivity contribution in [3.05, 3.63) is 236 Å². The third kappa shape index (κ3) is 10.6. The molecule has 1 aliphatic heterocycles. The number of fused-ring (bicyclic) bond motifs is 20. The van der Waals surface area contributed by atoms with Crippen LogP contribution in [0, 0.1) is 0 Å². The summed E-state index contributed by atoms with van der Waals surface area (Å²) in [6.07, 6.45) is 17.0. The van der Waals surface area contributed by atoms with Crippen LogP contribution >= 0.6 is 0 Å². The minimum Gasteiger partial charge on any atom is -0.464 e. The predicted octanol–water partition coefficient (Wildman–Crippen LogP) is 25.9. The predicted molar refractivity (Wildman–Crippen MR) is 409 cm³/mol. The Morgan fingerprint density at radius 2 is 0.240 bits per heavy atom. The molecular formula is C90H124N4O6. The number of nitrogens with one attached hydrogen (secondary N) is 4. The van der Waals surface area contributed by atoms with Crippen molar-refractivity contribution < 1.29 is 26.5 Å². The van der Waals surface area contributed by atoms with E-state index in [0.717, 1.165) is 198 Å². The Labute approximate surface area is 600 Å². The molecule has 4 N–H and O–H groups in total. The molecule has 10 nitrogen and oxygen atoms in total. The maximum atomic E-state index is 7.45. The molecule has 11 heterocycles. The van der Waals surface area contributed by atoms with Gasteiger partial charge >= 0.3 is 0 Å². The Kier molecular flexibility index (Phi) is 21.1. The molecule has 0 aromatic carbocycles. The van der Waals surface area contributed by atoms with Gasteiger partial charge in [-0.2, -0.15) is 0 Å². The van der Waals surface area contributed by atoms with Crippen molar-refractivity contribution in [1.82, 2.24) is 19.9 Å². The largest absolute Gasteiger partial charge is 0.464 e. The molecule has 100 heavy (non-hydrogen) atoms. The van der Waals surface area contributed by atoms with Crippen LogP contribution in [0.25, 0.3) is 0 Å². The first-order chi connectivity index (χ1) is 48.3. The minimum atomic E-state index is -0.492. The molecule has 540 valence electrons. The highest BCUT2D eigenvalue weighted by Crippen LogP contribution is 2.54. The van der Waals surface area contributed by atoms with E-state index in [1.165, 1.54) is 45.6 Å². The van der Waals surface area contributed by atoms with Gasteiger partial charge in [-0.25, -0.2) is 0 Å². The summed E-state index contributed by atoms with van der Waals surface area (Å²) >= 11 is 0. The van der Waals surface area contributed by atoms with Crippen LogP contribution in [0.2, 0.25) is 0 Å². The average molecular weight is 1360 g/mol. The van der Waals surface area contributed by atoms with Crippen molar-refractivity contribution in [3.8, 4) is 0 Å². The van der Waals surface area contributed by atoms with E-state index in [4.69, 9.17) is 26.5 Å². The summed E-state index contributed by atoms with van der Waals surface area (Å²) in [7, 11) is 0. The lowest BCUT2D eigenvalue weighted by atomic mass is 9.76. The van der Waals surface area contributed by atoms with Gasteiger partial charge in [-0.1, -0.05) is 138 Å². The van der Waals surface area contributed by atoms with Crippen LogP contribution in [0.3, 0.4) is 0 Å². The Balaban J connectivity index is 1.07. The first-order valence-electron chi connectivity index (χ1n) is 39.8. The van der Waals surface area contributed by atoms with Gasteiger partial charge in [-0.15, -0.1) is 0 Å². The summed E-state index contributed by atoms with van der Waals surface area (Å²) in [5.41, 5.74) is 5.10. The number of hydrogen-bond donors (Lipinski definition) is 4. The molecule has 0 saturated heterocycles. The first kappa shape index (κ1) is 74.0. The molecule has 0 amide bonds. The maximum absolute atomic E-state index is 7.45. The molecular weight excluding hydrogens is 1230 g/mol. The van der Waals surface area contributed by atoms with Gasteiger partial charge in [0.15, 0.2) is 0 Å². The van der Waals surface area contributed by atoms with E-state index < -0.39 is 54.1 Å². The summed E-state index contributed by atoms with van der Waals surface area (Å²) in [4.78, 5) is 16.5. The molecule has 0 fully saturated rings. The Morgan fingerprint density at radius 3 is 0.330 bits per heavy atom. The van der Waals surface area contributed by atoms with E-state index in [2.05, 4.69) is 280 Å². The fraction of sp³-hybridized carbons (Fsp3) is 0.556. The Morgan fingerprint density at radius 1 is 0.150 bits per heavy atom. The van der Waals surface area contributed by atoms with Crippen molar-refractivity contribution in [3.63, 3.8) is 0 Å². The van der Waals surface area contributed by atoms with Crippen LogP contribution in [0.4, 0.5) is 0 Å². The molecule has 0 aliphatic carbocycles. The SMILES string of the molecule is CCC1(CC)c2ccc([nH]2)C(CC)(CC)c2ccc(o2)C(CC)(CC)c2ccc(o2)C(CC)(CC)c2ccc([nH]2)C(CC)(CC)c2ccc(o2)C(CC)(CC)c2ccc([nH]2)C(CC)(CC)c2ccc(o2)C(CC)(CC)c2ccc(o2)C(CC)(CC)c2ccc([nH]2)C(CC)(CC)c2ccc1o2. The zero-order valence-corrected chi connectivity index (χ0v) is 65.1. The summed E-state index contributed by atoms with van der Waals surface area (Å²) in [5, 5.41) is 0. The maximum Gasteiger partial charge on any atom is 0.117 e. The summed E-state index contributed by atoms with van der Waals surface area (Å²) in [6.45, 7) is 46.1. The number of rotatable bonds is 20. The molecule has 0 atom stereocenters. The number of furan rings is 6. The third-order valence-electron chi connectivity index (χ3n) is 28.2. The molecule has 10 heteroatoms. The highest BCUT2D eigenvalue weighted by atomic mass is 16.4. The normalized spacial score (nSPS) is 18.6. The fourth-order valence-electron chi connectivity index (χ4n) is 20.0. The Bertz CT molecular complexity index is 3140. The second kappa shape index (κ2) is 28.6. The van der Waals surface area contributed by atoms with Gasteiger partial charge in [-0.3, -0.25) is 0 Å². The molecule has 20 bridgehead atoms. The second-order valence-electron chi connectivity index (χ2n) is 30.0. The van der Waals surface area contributed by atoms with Crippen LogP contribution in [-0.2, 0) is 54.1 Å². The van der Waals surface area contributed by atoms with Crippen molar-refractivity contribution in [2.24, 2.45) is 0 Å². The first-order valence-corrected chi connectivity index (χ1v) is 39.8. The van der Waals surface area contributed by atoms with Crippen LogP contribution < -0.4 is 0 Å². The highest BCUT2D eigenvalue weighted by molar-refractivity contribution is 5.47. The number of H-pyrrole nitrogens is 4. The minimum absolute atomic E-state index is 0.403. The molecule has 1 aliphatic rings. The van der Waals surface area contributed by atoms with E-state index in [0.29, 0.717) is 0 Å². The molecule has 0 saturated carbocycles. The van der Waals surface area contributed by atoms with Crippen molar-refractivity contribution in [1.29, 1.82) is 0 Å². The zero-order chi connectivity index (χ0) is 71.9. The van der Waals surface area contributed by atoms with Gasteiger partial charge in [0.2, 0.25) is 0 Å². The lowest BCUT2D eigenvalue weighted by molar-refractivity contribution is 0.257. The van der Waals surface area contributed by atoms with Gasteiger partial charge in [-0.05, 0) is 250 Å². The molecule has 0 unspecified atom stereocenters. The number of aromatic nitrogens is 4. The number of aromatic amines is 4. The third-order valence-corrected chi connectivity index (χ3v) is 28.2. The van der Waals surface area contributed by atoms with Gasteiger partial charge in [0.05, 0.1) is 54.1 Å². The van der Waals surface area contributed by atoms with Crippen molar-refractivity contribution >= 4 is 0 Å². The molecule has 10 aromatic rings. The van der Waals surface area contributed by atoms with Crippen LogP contribution in [0.1, 0.15) is 382 Å². The highest BCUT2D eigenvalue weighted by Gasteiger charge is 2.50. The molecule has 10 aromatic heterocycles. The van der Waals surface area contributed by atoms with Gasteiger partial charge in [0.25, 0.3) is 0 Å². The smallest absolute Gasteiger partial charge is 0.117 e. The summed E-state index contributed by atoms with van der Waals surface area (Å²) in [6, 6.07) is 45.8. The topological polar surface area (TPSA) is 142 Å². The van der Waals surface area contributed by atoms with Crippen LogP contribution in [-0.4, -0.2) is 19.9 Å².